The second-order valence-electron chi connectivity index (χ2n) is 8.84. The Morgan fingerprint density at radius 2 is 1.31 bits per heavy atom. The van der Waals surface area contributed by atoms with Gasteiger partial charge >= 0.3 is 0 Å². The number of carbonyl (C=O) groups excluding carboxylic acids is 1. The summed E-state index contributed by atoms with van der Waals surface area (Å²) in [6.07, 6.45) is 1.65. The number of imidazole rings is 1. The number of aromatic amines is 1. The van der Waals surface area contributed by atoms with E-state index in [0.717, 1.165) is 50.6 Å². The molecular formula is C28H29N5OS. The van der Waals surface area contributed by atoms with Crippen molar-refractivity contribution in [3.8, 4) is 5.69 Å². The monoisotopic (exact) mass is 483 g/mol. The Morgan fingerprint density at radius 1 is 0.771 bits per heavy atom. The molecule has 3 aromatic carbocycles. The van der Waals surface area contributed by atoms with E-state index in [1.165, 1.54) is 11.1 Å². The number of benzene rings is 3. The van der Waals surface area contributed by atoms with Crippen molar-refractivity contribution in [2.45, 2.75) is 13.1 Å². The van der Waals surface area contributed by atoms with Crippen LogP contribution in [0.4, 0.5) is 5.69 Å². The molecule has 1 aromatic heterocycles. The van der Waals surface area contributed by atoms with Crippen LogP contribution in [0.15, 0.2) is 91.1 Å². The summed E-state index contributed by atoms with van der Waals surface area (Å²) in [6.45, 7) is 6.20. The van der Waals surface area contributed by atoms with Crippen LogP contribution in [0.25, 0.3) is 5.69 Å². The summed E-state index contributed by atoms with van der Waals surface area (Å²) in [6, 6.07) is 28.4. The van der Waals surface area contributed by atoms with Gasteiger partial charge < -0.3 is 10.3 Å². The average molecular weight is 484 g/mol. The molecule has 35 heavy (non-hydrogen) atoms. The Labute approximate surface area is 210 Å². The number of rotatable bonds is 7. The molecular weight excluding hydrogens is 454 g/mol. The van der Waals surface area contributed by atoms with Crippen LogP contribution in [0, 0.1) is 4.77 Å². The van der Waals surface area contributed by atoms with Crippen LogP contribution in [0.2, 0.25) is 0 Å². The second-order valence-corrected chi connectivity index (χ2v) is 9.23. The highest BCUT2D eigenvalue weighted by atomic mass is 32.1. The first-order valence-electron chi connectivity index (χ1n) is 11.9. The molecule has 0 radical (unpaired) electrons. The Balaban J connectivity index is 1.16. The number of amides is 1. The average Bonchev–Trinajstić information content (AvgIpc) is 3.29. The van der Waals surface area contributed by atoms with Gasteiger partial charge in [0.2, 0.25) is 0 Å². The lowest BCUT2D eigenvalue weighted by atomic mass is 10.1. The van der Waals surface area contributed by atoms with E-state index in [4.69, 9.17) is 12.2 Å². The van der Waals surface area contributed by atoms with Gasteiger partial charge in [-0.2, -0.15) is 0 Å². The molecule has 1 aliphatic rings. The van der Waals surface area contributed by atoms with Gasteiger partial charge in [0, 0.05) is 56.8 Å². The highest BCUT2D eigenvalue weighted by Gasteiger charge is 2.18. The number of hydrogen-bond donors (Lipinski definition) is 2. The lowest BCUT2D eigenvalue weighted by molar-refractivity contribution is 0.102. The van der Waals surface area contributed by atoms with Crippen molar-refractivity contribution in [3.05, 3.63) is 113 Å². The van der Waals surface area contributed by atoms with Crippen LogP contribution in [-0.4, -0.2) is 51.4 Å². The van der Waals surface area contributed by atoms with E-state index in [2.05, 4.69) is 62.6 Å². The Hall–Kier alpha value is -3.52. The quantitative estimate of drug-likeness (QED) is 0.359. The van der Waals surface area contributed by atoms with Gasteiger partial charge in [-0.05, 0) is 47.6 Å². The summed E-state index contributed by atoms with van der Waals surface area (Å²) in [7, 11) is 0. The smallest absolute Gasteiger partial charge is 0.274 e. The fourth-order valence-electron chi connectivity index (χ4n) is 4.46. The molecule has 178 valence electrons. The van der Waals surface area contributed by atoms with Gasteiger partial charge in [0.1, 0.15) is 5.69 Å². The van der Waals surface area contributed by atoms with Gasteiger partial charge in [0.15, 0.2) is 4.77 Å². The molecule has 7 heteroatoms. The maximum atomic E-state index is 13.0. The summed E-state index contributed by atoms with van der Waals surface area (Å²) in [5, 5.41) is 3.00. The van der Waals surface area contributed by atoms with E-state index < -0.39 is 0 Å². The lowest BCUT2D eigenvalue weighted by Crippen LogP contribution is -2.45. The van der Waals surface area contributed by atoms with E-state index in [1.807, 2.05) is 42.5 Å². The lowest BCUT2D eigenvalue weighted by Gasteiger charge is -2.34. The standard InChI is InChI=1S/C28H29N5OS/c34-27(26-19-29-28(35)33(26)25-9-5-2-6-10-25)30-24-13-11-23(12-14-24)21-32-17-15-31(16-18-32)20-22-7-3-1-4-8-22/h1-14,19H,15-18,20-21H2,(H,29,35)(H,30,34). The minimum Gasteiger partial charge on any atom is -0.336 e. The van der Waals surface area contributed by atoms with Crippen molar-refractivity contribution >= 4 is 23.8 Å². The molecule has 1 saturated heterocycles. The van der Waals surface area contributed by atoms with E-state index in [1.54, 1.807) is 10.8 Å². The first-order valence-corrected chi connectivity index (χ1v) is 12.3. The fourth-order valence-corrected chi connectivity index (χ4v) is 4.73. The zero-order valence-electron chi connectivity index (χ0n) is 19.6. The maximum Gasteiger partial charge on any atom is 0.274 e. The van der Waals surface area contributed by atoms with Crippen molar-refractivity contribution in [2.24, 2.45) is 0 Å². The van der Waals surface area contributed by atoms with E-state index in [-0.39, 0.29) is 5.91 Å². The van der Waals surface area contributed by atoms with Gasteiger partial charge in [-0.25, -0.2) is 0 Å². The molecule has 0 unspecified atom stereocenters. The SMILES string of the molecule is O=C(Nc1ccc(CN2CCN(Cc3ccccc3)CC2)cc1)c1c[nH]c(=S)n1-c1ccccc1. The molecule has 5 rings (SSSR count). The minimum absolute atomic E-state index is 0.205. The molecule has 1 fully saturated rings. The third-order valence-electron chi connectivity index (χ3n) is 6.36. The van der Waals surface area contributed by atoms with Crippen molar-refractivity contribution < 1.29 is 4.79 Å². The van der Waals surface area contributed by atoms with Crippen molar-refractivity contribution in [3.63, 3.8) is 0 Å². The van der Waals surface area contributed by atoms with Crippen LogP contribution in [0.5, 0.6) is 0 Å². The predicted molar refractivity (Wildman–Crippen MR) is 142 cm³/mol. The van der Waals surface area contributed by atoms with Gasteiger partial charge in [-0.3, -0.25) is 19.2 Å². The van der Waals surface area contributed by atoms with E-state index in [0.29, 0.717) is 10.5 Å². The van der Waals surface area contributed by atoms with E-state index >= 15 is 0 Å². The van der Waals surface area contributed by atoms with Crippen LogP contribution in [0.1, 0.15) is 21.6 Å². The molecule has 0 saturated carbocycles. The topological polar surface area (TPSA) is 56.3 Å². The number of aromatic nitrogens is 2. The second kappa shape index (κ2) is 10.8. The molecule has 0 atom stereocenters. The van der Waals surface area contributed by atoms with Crippen molar-refractivity contribution in [1.29, 1.82) is 0 Å². The Bertz CT molecular complexity index is 1310. The molecule has 6 nitrogen and oxygen atoms in total. The summed E-state index contributed by atoms with van der Waals surface area (Å²) < 4.78 is 2.23. The van der Waals surface area contributed by atoms with E-state index in [9.17, 15) is 4.79 Å². The molecule has 2 heterocycles. The third-order valence-corrected chi connectivity index (χ3v) is 6.66. The largest absolute Gasteiger partial charge is 0.336 e. The first kappa shape index (κ1) is 23.2. The first-order chi connectivity index (χ1) is 17.2. The number of nitrogens with one attached hydrogen (secondary N) is 2. The van der Waals surface area contributed by atoms with Gasteiger partial charge in [-0.1, -0.05) is 60.7 Å². The molecule has 2 N–H and O–H groups in total. The van der Waals surface area contributed by atoms with Crippen LogP contribution < -0.4 is 5.32 Å². The fraction of sp³-hybridized carbons (Fsp3) is 0.214. The summed E-state index contributed by atoms with van der Waals surface area (Å²) in [5.74, 6) is -0.205. The summed E-state index contributed by atoms with van der Waals surface area (Å²) in [5.41, 5.74) is 4.70. The summed E-state index contributed by atoms with van der Waals surface area (Å²) in [4.78, 5) is 21.0. The Morgan fingerprint density at radius 3 is 1.91 bits per heavy atom. The Kier molecular flexibility index (Phi) is 7.18. The third kappa shape index (κ3) is 5.77. The molecule has 0 aliphatic carbocycles. The molecule has 0 bridgehead atoms. The zero-order chi connectivity index (χ0) is 24.0. The molecule has 4 aromatic rings. The number of nitrogens with zero attached hydrogens (tertiary/aromatic N) is 3. The number of para-hydroxylation sites is 1. The van der Waals surface area contributed by atoms with Crippen molar-refractivity contribution in [1.82, 2.24) is 19.4 Å². The molecule has 1 aliphatic heterocycles. The van der Waals surface area contributed by atoms with Crippen LogP contribution in [0.3, 0.4) is 0 Å². The van der Waals surface area contributed by atoms with Gasteiger partial charge in [0.25, 0.3) is 5.91 Å². The molecule has 0 spiro atoms. The van der Waals surface area contributed by atoms with Crippen molar-refractivity contribution in [2.75, 3.05) is 31.5 Å². The normalized spacial score (nSPS) is 14.6. The van der Waals surface area contributed by atoms with Crippen LogP contribution >= 0.6 is 12.2 Å². The van der Waals surface area contributed by atoms with Crippen LogP contribution in [-0.2, 0) is 13.1 Å². The number of carbonyl (C=O) groups is 1. The maximum absolute atomic E-state index is 13.0. The molecule has 1 amide bonds. The number of piperazine rings is 1. The highest BCUT2D eigenvalue weighted by molar-refractivity contribution is 7.71. The number of hydrogen-bond acceptors (Lipinski definition) is 4. The highest BCUT2D eigenvalue weighted by Crippen LogP contribution is 2.17. The van der Waals surface area contributed by atoms with Gasteiger partial charge in [0.05, 0.1) is 0 Å². The summed E-state index contributed by atoms with van der Waals surface area (Å²) >= 11 is 5.39. The number of H-pyrrole nitrogens is 1. The predicted octanol–water partition coefficient (Wildman–Crippen LogP) is 5.10. The van der Waals surface area contributed by atoms with Gasteiger partial charge in [-0.15, -0.1) is 0 Å². The minimum atomic E-state index is -0.205. The zero-order valence-corrected chi connectivity index (χ0v) is 20.4. The number of anilines is 1.